The molecule has 5 atom stereocenters. The van der Waals surface area contributed by atoms with Crippen LogP contribution >= 0.6 is 11.8 Å². The van der Waals surface area contributed by atoms with Crippen LogP contribution in [0.2, 0.25) is 0 Å². The third kappa shape index (κ3) is 2.47. The molecule has 21 heavy (non-hydrogen) atoms. The zero-order chi connectivity index (χ0) is 15.4. The molecule has 116 valence electrons. The highest BCUT2D eigenvalue weighted by atomic mass is 32.2. The molecule has 3 saturated carbocycles. The van der Waals surface area contributed by atoms with Gasteiger partial charge in [-0.15, -0.1) is 0 Å². The van der Waals surface area contributed by atoms with E-state index in [2.05, 4.69) is 26.1 Å². The number of carboxylic acid groups (broad SMARTS) is 1. The predicted octanol–water partition coefficient (Wildman–Crippen LogP) is 2.12. The number of aliphatic imine (C=N–C) groups is 1. The second kappa shape index (κ2) is 5.00. The molecule has 0 aromatic rings. The topological polar surface area (TPSA) is 78.8 Å². The molecule has 0 spiro atoms. The minimum Gasteiger partial charge on any atom is -0.481 e. The van der Waals surface area contributed by atoms with E-state index in [-0.39, 0.29) is 18.4 Å². The van der Waals surface area contributed by atoms with E-state index in [1.807, 2.05) is 0 Å². The summed E-state index contributed by atoms with van der Waals surface area (Å²) in [7, 11) is 0. The van der Waals surface area contributed by atoms with Crippen molar-refractivity contribution in [3.05, 3.63) is 0 Å². The molecule has 2 bridgehead atoms. The van der Waals surface area contributed by atoms with Gasteiger partial charge in [-0.05, 0) is 36.0 Å². The monoisotopic (exact) mass is 310 g/mol. The molecule has 0 aromatic carbocycles. The predicted molar refractivity (Wildman–Crippen MR) is 82.2 cm³/mol. The maximum absolute atomic E-state index is 11.7. The van der Waals surface area contributed by atoms with Crippen LogP contribution in [-0.4, -0.2) is 33.4 Å². The van der Waals surface area contributed by atoms with E-state index >= 15 is 0 Å². The molecule has 0 aromatic heterocycles. The van der Waals surface area contributed by atoms with Crippen LogP contribution in [0.3, 0.4) is 0 Å². The standard InChI is InChI=1S/C15H22N2O3S/c1-7-9-4-8(15(9,2)3)5-10(7)16-14-17-13(20)11(21-14)6-12(18)19/h7-11H,4-6H2,1-3H3,(H,18,19)(H,16,17,20)/t7-,8+,9+,10+,11?/m1/s1. The zero-order valence-corrected chi connectivity index (χ0v) is 13.4. The van der Waals surface area contributed by atoms with E-state index in [0.29, 0.717) is 22.4 Å². The summed E-state index contributed by atoms with van der Waals surface area (Å²) in [6, 6.07) is 0.258. The van der Waals surface area contributed by atoms with Gasteiger partial charge in [0.2, 0.25) is 5.91 Å². The average molecular weight is 310 g/mol. The second-order valence-corrected chi connectivity index (χ2v) is 8.34. The van der Waals surface area contributed by atoms with E-state index in [0.717, 1.165) is 12.3 Å². The fourth-order valence-corrected chi connectivity index (χ4v) is 5.22. The van der Waals surface area contributed by atoms with Crippen LogP contribution in [0.25, 0.3) is 0 Å². The van der Waals surface area contributed by atoms with Gasteiger partial charge in [-0.2, -0.15) is 0 Å². The molecule has 3 aliphatic carbocycles. The summed E-state index contributed by atoms with van der Waals surface area (Å²) in [4.78, 5) is 27.2. The summed E-state index contributed by atoms with van der Waals surface area (Å²) in [5.74, 6) is 0.786. The van der Waals surface area contributed by atoms with Crippen LogP contribution in [0.15, 0.2) is 4.99 Å². The molecule has 1 unspecified atom stereocenters. The maximum Gasteiger partial charge on any atom is 0.305 e. The number of hydrogen-bond donors (Lipinski definition) is 2. The number of nitrogens with one attached hydrogen (secondary N) is 1. The number of amidine groups is 1. The van der Waals surface area contributed by atoms with Crippen LogP contribution < -0.4 is 5.32 Å². The lowest BCUT2D eigenvalue weighted by molar-refractivity contribution is -0.138. The van der Waals surface area contributed by atoms with Gasteiger partial charge in [-0.3, -0.25) is 14.6 Å². The quantitative estimate of drug-likeness (QED) is 0.837. The van der Waals surface area contributed by atoms with Crippen molar-refractivity contribution in [1.29, 1.82) is 0 Å². The molecule has 2 N–H and O–H groups in total. The molecular formula is C15H22N2O3S. The van der Waals surface area contributed by atoms with Gasteiger partial charge in [0.25, 0.3) is 0 Å². The number of thioether (sulfide) groups is 1. The molecule has 6 heteroatoms. The first-order valence-electron chi connectivity index (χ1n) is 7.56. The summed E-state index contributed by atoms with van der Waals surface area (Å²) in [5.41, 5.74) is 0.425. The van der Waals surface area contributed by atoms with E-state index in [4.69, 9.17) is 10.1 Å². The summed E-state index contributed by atoms with van der Waals surface area (Å²) < 4.78 is 0. The SMILES string of the molecule is C[C@H]1[C@@H](N=C2NC(=O)C(CC(=O)O)S2)C[C@@H]2C[C@@H]1C2(C)C. The van der Waals surface area contributed by atoms with E-state index in [1.54, 1.807) is 0 Å². The number of amides is 1. The number of rotatable bonds is 3. The van der Waals surface area contributed by atoms with Gasteiger partial charge in [0.05, 0.1) is 12.5 Å². The molecular weight excluding hydrogens is 288 g/mol. The van der Waals surface area contributed by atoms with Crippen molar-refractivity contribution < 1.29 is 14.7 Å². The van der Waals surface area contributed by atoms with Crippen LogP contribution in [-0.2, 0) is 9.59 Å². The number of hydrogen-bond acceptors (Lipinski definition) is 4. The van der Waals surface area contributed by atoms with Crippen molar-refractivity contribution in [2.75, 3.05) is 0 Å². The third-order valence-electron chi connectivity index (χ3n) is 5.73. The Bertz CT molecular complexity index is 517. The molecule has 5 nitrogen and oxygen atoms in total. The van der Waals surface area contributed by atoms with Crippen molar-refractivity contribution in [2.24, 2.45) is 28.2 Å². The van der Waals surface area contributed by atoms with Gasteiger partial charge < -0.3 is 10.4 Å². The molecule has 4 aliphatic rings. The Morgan fingerprint density at radius 2 is 2.19 bits per heavy atom. The van der Waals surface area contributed by atoms with Crippen LogP contribution in [0, 0.1) is 23.2 Å². The van der Waals surface area contributed by atoms with Crippen molar-refractivity contribution in [1.82, 2.24) is 5.32 Å². The van der Waals surface area contributed by atoms with Gasteiger partial charge in [0.15, 0.2) is 5.17 Å². The van der Waals surface area contributed by atoms with Gasteiger partial charge >= 0.3 is 5.97 Å². The van der Waals surface area contributed by atoms with Gasteiger partial charge in [0.1, 0.15) is 5.25 Å². The lowest BCUT2D eigenvalue weighted by Gasteiger charge is -2.61. The van der Waals surface area contributed by atoms with Crippen LogP contribution in [0.4, 0.5) is 0 Å². The first kappa shape index (κ1) is 14.9. The van der Waals surface area contributed by atoms with Crippen LogP contribution in [0.5, 0.6) is 0 Å². The first-order valence-corrected chi connectivity index (χ1v) is 8.44. The minimum atomic E-state index is -0.946. The van der Waals surface area contributed by atoms with Crippen molar-refractivity contribution in [2.45, 2.75) is 51.3 Å². The highest BCUT2D eigenvalue weighted by Gasteiger charge is 2.56. The minimum absolute atomic E-state index is 0.145. The Kier molecular flexibility index (Phi) is 3.55. The lowest BCUT2D eigenvalue weighted by Crippen LogP contribution is -2.56. The Balaban J connectivity index is 1.67. The molecule has 1 saturated heterocycles. The number of fused-ring (bicyclic) bond motifs is 2. The van der Waals surface area contributed by atoms with Crippen molar-refractivity contribution in [3.8, 4) is 0 Å². The highest BCUT2D eigenvalue weighted by Crippen LogP contribution is 2.61. The number of aliphatic carboxylic acids is 1. The van der Waals surface area contributed by atoms with Crippen molar-refractivity contribution in [3.63, 3.8) is 0 Å². The van der Waals surface area contributed by atoms with Gasteiger partial charge in [-0.25, -0.2) is 0 Å². The van der Waals surface area contributed by atoms with Crippen molar-refractivity contribution >= 4 is 28.8 Å². The largest absolute Gasteiger partial charge is 0.481 e. The highest BCUT2D eigenvalue weighted by molar-refractivity contribution is 8.15. The Morgan fingerprint density at radius 3 is 2.76 bits per heavy atom. The molecule has 4 rings (SSSR count). The Hall–Kier alpha value is -1.04. The zero-order valence-electron chi connectivity index (χ0n) is 12.6. The number of carbonyl (C=O) groups excluding carboxylic acids is 1. The number of carboxylic acids is 1. The van der Waals surface area contributed by atoms with E-state index in [9.17, 15) is 9.59 Å². The van der Waals surface area contributed by atoms with Crippen LogP contribution in [0.1, 0.15) is 40.0 Å². The van der Waals surface area contributed by atoms with Gasteiger partial charge in [-0.1, -0.05) is 32.5 Å². The normalized spacial score (nSPS) is 42.5. The summed E-state index contributed by atoms with van der Waals surface area (Å²) in [6.45, 7) is 6.95. The molecule has 1 amide bonds. The molecule has 1 heterocycles. The maximum atomic E-state index is 11.7. The molecule has 0 radical (unpaired) electrons. The smallest absolute Gasteiger partial charge is 0.305 e. The summed E-state index contributed by atoms with van der Waals surface area (Å²) >= 11 is 1.27. The average Bonchev–Trinajstić information content (AvgIpc) is 2.70. The summed E-state index contributed by atoms with van der Waals surface area (Å²) in [6.07, 6.45) is 2.23. The summed E-state index contributed by atoms with van der Waals surface area (Å²) in [5, 5.41) is 11.6. The fraction of sp³-hybridized carbons (Fsp3) is 0.800. The first-order chi connectivity index (χ1) is 9.79. The number of nitrogens with zero attached hydrogens (tertiary/aromatic N) is 1. The molecule has 1 aliphatic heterocycles. The Labute approximate surface area is 129 Å². The second-order valence-electron chi connectivity index (χ2n) is 7.15. The molecule has 4 fully saturated rings. The van der Waals surface area contributed by atoms with E-state index in [1.165, 1.54) is 18.2 Å². The number of carbonyl (C=O) groups is 2. The van der Waals surface area contributed by atoms with Gasteiger partial charge in [0, 0.05) is 0 Å². The Morgan fingerprint density at radius 1 is 1.48 bits per heavy atom. The fourth-order valence-electron chi connectivity index (χ4n) is 4.20. The third-order valence-corrected chi connectivity index (χ3v) is 6.83. The van der Waals surface area contributed by atoms with E-state index < -0.39 is 11.2 Å². The lowest BCUT2D eigenvalue weighted by atomic mass is 9.45.